The monoisotopic (exact) mass is 344 g/mol. The van der Waals surface area contributed by atoms with E-state index in [1.165, 1.54) is 16.7 Å². The zero-order valence-electron chi connectivity index (χ0n) is 15.3. The van der Waals surface area contributed by atoms with Crippen LogP contribution in [0.15, 0.2) is 60.7 Å². The Morgan fingerprint density at radius 1 is 1.00 bits per heavy atom. The van der Waals surface area contributed by atoms with Gasteiger partial charge in [0.25, 0.3) is 0 Å². The molecular weight excluding hydrogens is 320 g/mol. The van der Waals surface area contributed by atoms with Crippen molar-refractivity contribution in [2.45, 2.75) is 18.9 Å². The van der Waals surface area contributed by atoms with Crippen molar-refractivity contribution in [1.29, 1.82) is 0 Å². The Morgan fingerprint density at radius 2 is 1.85 bits per heavy atom. The molecule has 1 N–H and O–H groups in total. The average Bonchev–Trinajstić information content (AvgIpc) is 2.86. The fourth-order valence-electron chi connectivity index (χ4n) is 3.77. The highest BCUT2D eigenvalue weighted by Gasteiger charge is 2.22. The van der Waals surface area contributed by atoms with Gasteiger partial charge in [-0.05, 0) is 54.9 Å². The number of aromatic nitrogens is 2. The van der Waals surface area contributed by atoms with Gasteiger partial charge in [-0.25, -0.2) is 0 Å². The smallest absolute Gasteiger partial charge is 0.148 e. The normalized spacial score (nSPS) is 17.4. The van der Waals surface area contributed by atoms with Crippen LogP contribution in [0.1, 0.15) is 29.0 Å². The Kier molecular flexibility index (Phi) is 4.67. The minimum atomic E-state index is 0.447. The van der Waals surface area contributed by atoms with E-state index in [9.17, 15) is 0 Å². The van der Waals surface area contributed by atoms with Crippen molar-refractivity contribution in [3.8, 4) is 11.3 Å². The summed E-state index contributed by atoms with van der Waals surface area (Å²) in [5.41, 5.74) is 6.26. The fourth-order valence-corrected chi connectivity index (χ4v) is 3.77. The largest absolute Gasteiger partial charge is 0.372 e. The first-order valence-corrected chi connectivity index (χ1v) is 9.13. The Hall–Kier alpha value is -2.72. The topological polar surface area (TPSA) is 41.0 Å². The van der Waals surface area contributed by atoms with Crippen molar-refractivity contribution < 1.29 is 0 Å². The van der Waals surface area contributed by atoms with E-state index in [4.69, 9.17) is 0 Å². The summed E-state index contributed by atoms with van der Waals surface area (Å²) in [5.74, 6) is 1.23. The molecule has 4 heteroatoms. The first kappa shape index (κ1) is 16.7. The molecule has 132 valence electrons. The molecule has 4 nitrogen and oxygen atoms in total. The molecule has 0 fully saturated rings. The summed E-state index contributed by atoms with van der Waals surface area (Å²) >= 11 is 0. The second-order valence-electron chi connectivity index (χ2n) is 6.96. The zero-order chi connectivity index (χ0) is 17.9. The van der Waals surface area contributed by atoms with Crippen LogP contribution in [0.25, 0.3) is 11.3 Å². The molecule has 26 heavy (non-hydrogen) atoms. The van der Waals surface area contributed by atoms with Gasteiger partial charge < -0.3 is 10.2 Å². The number of nitrogens with zero attached hydrogens (tertiary/aromatic N) is 3. The maximum atomic E-state index is 4.36. The maximum Gasteiger partial charge on any atom is 0.148 e. The molecule has 2 aromatic carbocycles. The molecule has 1 aliphatic heterocycles. The zero-order valence-corrected chi connectivity index (χ0v) is 15.3. The minimum Gasteiger partial charge on any atom is -0.372 e. The molecule has 3 aromatic rings. The second kappa shape index (κ2) is 7.26. The van der Waals surface area contributed by atoms with E-state index in [1.54, 1.807) is 0 Å². The molecule has 1 unspecified atom stereocenters. The van der Waals surface area contributed by atoms with E-state index in [0.29, 0.717) is 5.92 Å². The Bertz CT molecular complexity index is 874. The van der Waals surface area contributed by atoms with Crippen molar-refractivity contribution in [1.82, 2.24) is 15.1 Å². The van der Waals surface area contributed by atoms with E-state index in [0.717, 1.165) is 36.6 Å². The minimum absolute atomic E-state index is 0.447. The molecule has 1 atom stereocenters. The number of anilines is 1. The van der Waals surface area contributed by atoms with Gasteiger partial charge in [0, 0.05) is 25.1 Å². The van der Waals surface area contributed by atoms with Crippen LogP contribution < -0.4 is 5.32 Å². The third-order valence-corrected chi connectivity index (χ3v) is 5.18. The summed E-state index contributed by atoms with van der Waals surface area (Å²) < 4.78 is 0. The van der Waals surface area contributed by atoms with Crippen LogP contribution in [0.2, 0.25) is 0 Å². The van der Waals surface area contributed by atoms with Gasteiger partial charge >= 0.3 is 0 Å². The van der Waals surface area contributed by atoms with Gasteiger partial charge in [-0.1, -0.05) is 42.5 Å². The first-order valence-electron chi connectivity index (χ1n) is 9.13. The fraction of sp³-hybridized carbons (Fsp3) is 0.273. The van der Waals surface area contributed by atoms with Crippen molar-refractivity contribution in [3.63, 3.8) is 0 Å². The van der Waals surface area contributed by atoms with E-state index < -0.39 is 0 Å². The van der Waals surface area contributed by atoms with Crippen LogP contribution >= 0.6 is 0 Å². The first-order chi connectivity index (χ1) is 12.7. The molecule has 1 aliphatic rings. The Balaban J connectivity index is 1.74. The van der Waals surface area contributed by atoms with Gasteiger partial charge in [-0.15, -0.1) is 10.2 Å². The summed E-state index contributed by atoms with van der Waals surface area (Å²) in [6, 6.07) is 21.6. The second-order valence-corrected chi connectivity index (χ2v) is 6.96. The highest BCUT2D eigenvalue weighted by atomic mass is 15.2. The maximum absolute atomic E-state index is 4.36. The van der Waals surface area contributed by atoms with Gasteiger partial charge in [-0.2, -0.15) is 0 Å². The lowest BCUT2D eigenvalue weighted by atomic mass is 9.86. The molecule has 0 amide bonds. The van der Waals surface area contributed by atoms with E-state index in [-0.39, 0.29) is 0 Å². The summed E-state index contributed by atoms with van der Waals surface area (Å²) in [6.07, 6.45) is 1.14. The molecule has 0 radical (unpaired) electrons. The molecular formula is C22H24N4. The van der Waals surface area contributed by atoms with Crippen molar-refractivity contribution >= 4 is 5.82 Å². The molecule has 1 aromatic heterocycles. The summed E-state index contributed by atoms with van der Waals surface area (Å²) in [7, 11) is 4.05. The Morgan fingerprint density at radius 3 is 2.58 bits per heavy atom. The standard InChI is InChI=1S/C22H24N4/c1-23-22-11-10-21(24-25-22)17-8-9-19-18(14-17)15-26(2)13-12-20(19)16-6-4-3-5-7-16/h3-11,14,20H,12-13,15H2,1-2H3,(H,23,25). The van der Waals surface area contributed by atoms with Crippen LogP contribution in [0.5, 0.6) is 0 Å². The van der Waals surface area contributed by atoms with E-state index in [1.807, 2.05) is 19.2 Å². The number of rotatable bonds is 3. The highest BCUT2D eigenvalue weighted by Crippen LogP contribution is 2.35. The molecule has 4 rings (SSSR count). The van der Waals surface area contributed by atoms with Crippen molar-refractivity contribution in [3.05, 3.63) is 77.4 Å². The van der Waals surface area contributed by atoms with Gasteiger partial charge in [-0.3, -0.25) is 0 Å². The van der Waals surface area contributed by atoms with Gasteiger partial charge in [0.05, 0.1) is 5.69 Å². The average molecular weight is 344 g/mol. The molecule has 0 bridgehead atoms. The van der Waals surface area contributed by atoms with Crippen molar-refractivity contribution in [2.75, 3.05) is 26.0 Å². The van der Waals surface area contributed by atoms with E-state index in [2.05, 4.69) is 76.0 Å². The number of hydrogen-bond donors (Lipinski definition) is 1. The molecule has 0 spiro atoms. The van der Waals surface area contributed by atoms with Crippen LogP contribution in [-0.4, -0.2) is 35.7 Å². The van der Waals surface area contributed by atoms with Gasteiger partial charge in [0.15, 0.2) is 0 Å². The summed E-state index contributed by atoms with van der Waals surface area (Å²) in [5, 5.41) is 11.6. The van der Waals surface area contributed by atoms with Crippen LogP contribution in [0.4, 0.5) is 5.82 Å². The molecule has 0 aliphatic carbocycles. The van der Waals surface area contributed by atoms with Gasteiger partial charge in [0.2, 0.25) is 0 Å². The quantitative estimate of drug-likeness (QED) is 0.775. The number of hydrogen-bond acceptors (Lipinski definition) is 4. The molecule has 0 saturated carbocycles. The predicted molar refractivity (Wildman–Crippen MR) is 106 cm³/mol. The van der Waals surface area contributed by atoms with Crippen molar-refractivity contribution in [2.24, 2.45) is 0 Å². The van der Waals surface area contributed by atoms with Gasteiger partial charge in [0.1, 0.15) is 5.82 Å². The van der Waals surface area contributed by atoms with Crippen LogP contribution in [0, 0.1) is 0 Å². The van der Waals surface area contributed by atoms with Crippen LogP contribution in [-0.2, 0) is 6.54 Å². The van der Waals surface area contributed by atoms with Crippen LogP contribution in [0.3, 0.4) is 0 Å². The molecule has 0 saturated heterocycles. The number of benzene rings is 2. The summed E-state index contributed by atoms with van der Waals surface area (Å²) in [6.45, 7) is 2.06. The third kappa shape index (κ3) is 3.33. The lowest BCUT2D eigenvalue weighted by molar-refractivity contribution is 0.328. The number of fused-ring (bicyclic) bond motifs is 1. The third-order valence-electron chi connectivity index (χ3n) is 5.18. The molecule has 2 heterocycles. The summed E-state index contributed by atoms with van der Waals surface area (Å²) in [4.78, 5) is 2.40. The lowest BCUT2D eigenvalue weighted by Gasteiger charge is -2.18. The predicted octanol–water partition coefficient (Wildman–Crippen LogP) is 4.15. The Labute approximate surface area is 154 Å². The number of nitrogens with one attached hydrogen (secondary N) is 1. The van der Waals surface area contributed by atoms with E-state index >= 15 is 0 Å². The highest BCUT2D eigenvalue weighted by molar-refractivity contribution is 5.62. The lowest BCUT2D eigenvalue weighted by Crippen LogP contribution is -2.17. The SMILES string of the molecule is CNc1ccc(-c2ccc3c(c2)CN(C)CCC3c2ccccc2)nn1.